The number of hydrogen-bond donors (Lipinski definition) is 1. The lowest BCUT2D eigenvalue weighted by Gasteiger charge is -2.34. The molecule has 0 saturated heterocycles. The largest absolute Gasteiger partial charge is 0.384 e. The van der Waals surface area contributed by atoms with Crippen LogP contribution in [-0.4, -0.2) is 10.1 Å². The van der Waals surface area contributed by atoms with Gasteiger partial charge in [-0.1, -0.05) is 41.1 Å². The Morgan fingerprint density at radius 2 is 2.20 bits per heavy atom. The molecule has 2 nitrogen and oxygen atoms in total. The van der Waals surface area contributed by atoms with Gasteiger partial charge in [-0.25, -0.2) is 0 Å². The second kappa shape index (κ2) is 5.30. The molecular formula is C17H18BrNO. The molecule has 0 aliphatic heterocycles. The fraction of sp³-hybridized carbons (Fsp3) is 0.353. The van der Waals surface area contributed by atoms with E-state index in [-0.39, 0.29) is 5.92 Å². The monoisotopic (exact) mass is 331 g/mol. The quantitative estimate of drug-likeness (QED) is 0.915. The van der Waals surface area contributed by atoms with E-state index in [1.165, 1.54) is 5.56 Å². The Balaban J connectivity index is 2.06. The summed E-state index contributed by atoms with van der Waals surface area (Å²) in [5, 5.41) is 11.3. The maximum Gasteiger partial charge on any atom is 0.0977 e. The van der Waals surface area contributed by atoms with Gasteiger partial charge in [-0.05, 0) is 48.6 Å². The molecule has 0 spiro atoms. The normalized spacial score (nSPS) is 20.4. The number of rotatable bonds is 3. The highest BCUT2D eigenvalue weighted by Crippen LogP contribution is 2.46. The summed E-state index contributed by atoms with van der Waals surface area (Å²) in [6.07, 6.45) is 4.48. The van der Waals surface area contributed by atoms with Gasteiger partial charge in [-0.3, -0.25) is 4.98 Å². The van der Waals surface area contributed by atoms with Crippen LogP contribution in [0.1, 0.15) is 42.5 Å². The molecule has 3 rings (SSSR count). The molecule has 0 fully saturated rings. The van der Waals surface area contributed by atoms with Crippen LogP contribution in [0, 0.1) is 0 Å². The molecule has 3 heteroatoms. The average molecular weight is 332 g/mol. The van der Waals surface area contributed by atoms with Crippen molar-refractivity contribution in [3.63, 3.8) is 0 Å². The van der Waals surface area contributed by atoms with Crippen molar-refractivity contribution >= 4 is 15.9 Å². The summed E-state index contributed by atoms with van der Waals surface area (Å²) >= 11 is 3.50. The fourth-order valence-electron chi connectivity index (χ4n) is 3.29. The first-order valence-electron chi connectivity index (χ1n) is 7.07. The number of pyridine rings is 1. The van der Waals surface area contributed by atoms with Gasteiger partial charge in [0, 0.05) is 22.3 Å². The third kappa shape index (κ3) is 2.19. The number of hydrogen-bond acceptors (Lipinski definition) is 2. The van der Waals surface area contributed by atoms with Crippen molar-refractivity contribution in [3.8, 4) is 0 Å². The highest BCUT2D eigenvalue weighted by atomic mass is 79.9. The lowest BCUT2D eigenvalue weighted by atomic mass is 9.78. The van der Waals surface area contributed by atoms with E-state index in [2.05, 4.69) is 27.0 Å². The molecule has 0 radical (unpaired) electrons. The van der Waals surface area contributed by atoms with Crippen LogP contribution in [0.3, 0.4) is 0 Å². The Bertz CT molecular complexity index is 628. The van der Waals surface area contributed by atoms with Crippen molar-refractivity contribution in [2.45, 2.75) is 37.7 Å². The van der Waals surface area contributed by atoms with Crippen molar-refractivity contribution in [2.75, 3.05) is 0 Å². The van der Waals surface area contributed by atoms with Crippen molar-refractivity contribution in [1.29, 1.82) is 0 Å². The van der Waals surface area contributed by atoms with E-state index in [9.17, 15) is 5.11 Å². The Hall–Kier alpha value is -1.19. The second-order valence-electron chi connectivity index (χ2n) is 5.43. The molecule has 2 unspecified atom stereocenters. The van der Waals surface area contributed by atoms with Crippen LogP contribution in [0.2, 0.25) is 0 Å². The maximum absolute atomic E-state index is 11.3. The Labute approximate surface area is 128 Å². The highest BCUT2D eigenvalue weighted by molar-refractivity contribution is 9.10. The van der Waals surface area contributed by atoms with Gasteiger partial charge < -0.3 is 5.11 Å². The SMILES string of the molecule is CCC(O)(c1cccc(Br)c1)C1CCc2cccnc21. The summed E-state index contributed by atoms with van der Waals surface area (Å²) in [5.74, 6) is 0.0815. The van der Waals surface area contributed by atoms with E-state index in [0.29, 0.717) is 6.42 Å². The zero-order valence-corrected chi connectivity index (χ0v) is 13.1. The number of aryl methyl sites for hydroxylation is 1. The standard InChI is InChI=1S/C17H18BrNO/c1-2-17(20,13-6-3-7-14(18)11-13)15-9-8-12-5-4-10-19-16(12)15/h3-7,10-11,15,20H,2,8-9H2,1H3. The number of halogens is 1. The van der Waals surface area contributed by atoms with E-state index < -0.39 is 5.60 Å². The molecule has 0 saturated carbocycles. The zero-order valence-electron chi connectivity index (χ0n) is 11.5. The van der Waals surface area contributed by atoms with Crippen molar-refractivity contribution in [1.82, 2.24) is 4.98 Å². The molecule has 1 aliphatic carbocycles. The van der Waals surface area contributed by atoms with E-state index >= 15 is 0 Å². The first-order valence-corrected chi connectivity index (χ1v) is 7.86. The van der Waals surface area contributed by atoms with Crippen molar-refractivity contribution < 1.29 is 5.11 Å². The average Bonchev–Trinajstić information content (AvgIpc) is 2.91. The maximum atomic E-state index is 11.3. The molecule has 2 aromatic rings. The molecule has 1 aromatic carbocycles. The molecule has 20 heavy (non-hydrogen) atoms. The topological polar surface area (TPSA) is 33.1 Å². The highest BCUT2D eigenvalue weighted by Gasteiger charge is 2.42. The van der Waals surface area contributed by atoms with Gasteiger partial charge in [0.2, 0.25) is 0 Å². The lowest BCUT2D eigenvalue weighted by molar-refractivity contribution is 0.00209. The summed E-state index contributed by atoms with van der Waals surface area (Å²) in [7, 11) is 0. The zero-order chi connectivity index (χ0) is 14.2. The smallest absolute Gasteiger partial charge is 0.0977 e. The van der Waals surface area contributed by atoms with Crippen molar-refractivity contribution in [2.24, 2.45) is 0 Å². The van der Waals surface area contributed by atoms with Gasteiger partial charge in [-0.15, -0.1) is 0 Å². The molecule has 0 bridgehead atoms. The minimum absolute atomic E-state index is 0.0815. The molecule has 2 atom stereocenters. The van der Waals surface area contributed by atoms with Crippen LogP contribution in [0.4, 0.5) is 0 Å². The van der Waals surface area contributed by atoms with E-state index in [1.54, 1.807) is 0 Å². The molecule has 104 valence electrons. The molecular weight excluding hydrogens is 314 g/mol. The third-order valence-electron chi connectivity index (χ3n) is 4.40. The first kappa shape index (κ1) is 13.8. The van der Waals surface area contributed by atoms with E-state index in [4.69, 9.17) is 0 Å². The molecule has 1 aromatic heterocycles. The van der Waals surface area contributed by atoms with Crippen LogP contribution in [0.15, 0.2) is 47.1 Å². The third-order valence-corrected chi connectivity index (χ3v) is 4.89. The second-order valence-corrected chi connectivity index (χ2v) is 6.34. The molecule has 1 N–H and O–H groups in total. The predicted octanol–water partition coefficient (Wildman–Crippen LogP) is 4.17. The predicted molar refractivity (Wildman–Crippen MR) is 83.6 cm³/mol. The van der Waals surface area contributed by atoms with Crippen LogP contribution in [0.5, 0.6) is 0 Å². The minimum Gasteiger partial charge on any atom is -0.384 e. The van der Waals surface area contributed by atoms with Crippen LogP contribution in [0.25, 0.3) is 0 Å². The molecule has 1 aliphatic rings. The number of benzene rings is 1. The number of aromatic nitrogens is 1. The van der Waals surface area contributed by atoms with Crippen molar-refractivity contribution in [3.05, 3.63) is 63.9 Å². The molecule has 0 amide bonds. The number of aliphatic hydroxyl groups is 1. The van der Waals surface area contributed by atoms with Crippen LogP contribution < -0.4 is 0 Å². The molecule has 1 heterocycles. The van der Waals surface area contributed by atoms with E-state index in [1.807, 2.05) is 43.5 Å². The minimum atomic E-state index is -0.844. The lowest BCUT2D eigenvalue weighted by Crippen LogP contribution is -2.32. The van der Waals surface area contributed by atoms with E-state index in [0.717, 1.165) is 28.6 Å². The summed E-state index contributed by atoms with van der Waals surface area (Å²) in [4.78, 5) is 4.53. The summed E-state index contributed by atoms with van der Waals surface area (Å²) in [6, 6.07) is 12.1. The Morgan fingerprint density at radius 1 is 1.35 bits per heavy atom. The number of fused-ring (bicyclic) bond motifs is 1. The van der Waals surface area contributed by atoms with Gasteiger partial charge in [0.05, 0.1) is 5.60 Å². The van der Waals surface area contributed by atoms with Gasteiger partial charge >= 0.3 is 0 Å². The fourth-order valence-corrected chi connectivity index (χ4v) is 3.69. The Kier molecular flexibility index (Phi) is 3.65. The van der Waals surface area contributed by atoms with Crippen LogP contribution >= 0.6 is 15.9 Å². The summed E-state index contributed by atoms with van der Waals surface area (Å²) in [5.41, 5.74) is 2.47. The van der Waals surface area contributed by atoms with Gasteiger partial charge in [0.15, 0.2) is 0 Å². The van der Waals surface area contributed by atoms with Gasteiger partial charge in [0.25, 0.3) is 0 Å². The summed E-state index contributed by atoms with van der Waals surface area (Å²) in [6.45, 7) is 2.04. The number of nitrogens with zero attached hydrogens (tertiary/aromatic N) is 1. The first-order chi connectivity index (χ1) is 9.65. The van der Waals surface area contributed by atoms with Gasteiger partial charge in [0.1, 0.15) is 0 Å². The Morgan fingerprint density at radius 3 is 2.95 bits per heavy atom. The summed E-state index contributed by atoms with van der Waals surface area (Å²) < 4.78 is 1.00. The van der Waals surface area contributed by atoms with Crippen LogP contribution in [-0.2, 0) is 12.0 Å². The van der Waals surface area contributed by atoms with Gasteiger partial charge in [-0.2, -0.15) is 0 Å².